The van der Waals surface area contributed by atoms with Crippen LogP contribution < -0.4 is 34.9 Å². The van der Waals surface area contributed by atoms with Gasteiger partial charge in [0.25, 0.3) is 27.6 Å². The smallest absolute Gasteiger partial charge is 1.00 e. The van der Waals surface area contributed by atoms with Crippen molar-refractivity contribution >= 4 is 45.2 Å². The van der Waals surface area contributed by atoms with E-state index >= 15 is 0 Å². The molecule has 1 atom stereocenters. The van der Waals surface area contributed by atoms with E-state index in [0.29, 0.717) is 0 Å². The second-order valence-electron chi connectivity index (χ2n) is 6.36. The Hall–Kier alpha value is -2.43. The number of hydroxylamine groups is 2. The molecular weight excluding hydrogens is 465 g/mol. The van der Waals surface area contributed by atoms with Crippen molar-refractivity contribution in [1.29, 1.82) is 0 Å². The van der Waals surface area contributed by atoms with Crippen molar-refractivity contribution in [2.45, 2.75) is 37.5 Å². The summed E-state index contributed by atoms with van der Waals surface area (Å²) in [5.74, 6) is -4.20. The van der Waals surface area contributed by atoms with Crippen molar-refractivity contribution in [3.05, 3.63) is 33.9 Å². The Kier molecular flexibility index (Phi) is 9.87. The summed E-state index contributed by atoms with van der Waals surface area (Å²) >= 11 is 0. The predicted molar refractivity (Wildman–Crippen MR) is 101 cm³/mol. The van der Waals surface area contributed by atoms with E-state index in [9.17, 15) is 37.7 Å². The second-order valence-corrected chi connectivity index (χ2v) is 7.96. The zero-order chi connectivity index (χ0) is 23.3. The quantitative estimate of drug-likeness (QED) is 0.105. The van der Waals surface area contributed by atoms with E-state index in [-0.39, 0.29) is 65.8 Å². The Morgan fingerprint density at radius 1 is 1.31 bits per heavy atom. The number of anilines is 1. The summed E-state index contributed by atoms with van der Waals surface area (Å²) in [5, 5.41) is 20.3. The van der Waals surface area contributed by atoms with Gasteiger partial charge in [0.2, 0.25) is 5.91 Å². The summed E-state index contributed by atoms with van der Waals surface area (Å²) in [7, 11) is -4.84. The SMILES string of the molecule is O=C(CCCC(=O)ON1C(=O)CC(S(=O)(=O)O)C1=O)Nc1ccc(CO)c([N+](=O)[O-])c1.[H-].[Na+]. The van der Waals surface area contributed by atoms with Crippen molar-refractivity contribution in [3.8, 4) is 0 Å². The Morgan fingerprint density at radius 3 is 2.50 bits per heavy atom. The van der Waals surface area contributed by atoms with Crippen LogP contribution >= 0.6 is 0 Å². The van der Waals surface area contributed by atoms with Gasteiger partial charge in [0, 0.05) is 24.6 Å². The normalized spacial score (nSPS) is 15.8. The average molecular weight is 483 g/mol. The molecule has 1 aliphatic heterocycles. The first-order chi connectivity index (χ1) is 14.4. The van der Waals surface area contributed by atoms with Gasteiger partial charge in [-0.05, 0) is 18.6 Å². The molecule has 0 aromatic heterocycles. The minimum atomic E-state index is -4.84. The number of aliphatic hydroxyl groups is 1. The molecule has 3 N–H and O–H groups in total. The molecule has 170 valence electrons. The number of amides is 3. The monoisotopic (exact) mass is 483 g/mol. The molecule has 1 aromatic rings. The van der Waals surface area contributed by atoms with Crippen LogP contribution in [0.2, 0.25) is 0 Å². The molecule has 1 unspecified atom stereocenters. The number of hydrogen-bond acceptors (Lipinski definition) is 10. The molecule has 32 heavy (non-hydrogen) atoms. The number of imide groups is 1. The Labute approximate surface area is 204 Å². The van der Waals surface area contributed by atoms with E-state index < -0.39 is 63.4 Å². The molecule has 16 heteroatoms. The molecule has 3 amide bonds. The number of nitro groups is 1. The van der Waals surface area contributed by atoms with Gasteiger partial charge < -0.3 is 16.7 Å². The van der Waals surface area contributed by atoms with Crippen LogP contribution in [0.1, 0.15) is 32.7 Å². The molecule has 14 nitrogen and oxygen atoms in total. The Balaban J connectivity index is 0.00000512. The van der Waals surface area contributed by atoms with Crippen LogP contribution in [0.4, 0.5) is 11.4 Å². The van der Waals surface area contributed by atoms with Gasteiger partial charge >= 0.3 is 35.5 Å². The number of hydrogen-bond donors (Lipinski definition) is 3. The number of benzene rings is 1. The zero-order valence-corrected chi connectivity index (χ0v) is 19.5. The van der Waals surface area contributed by atoms with E-state index in [0.717, 1.165) is 6.07 Å². The molecule has 0 aliphatic carbocycles. The van der Waals surface area contributed by atoms with Gasteiger partial charge in [-0.3, -0.25) is 29.1 Å². The third-order valence-corrected chi connectivity index (χ3v) is 5.22. The van der Waals surface area contributed by atoms with Gasteiger partial charge in [0.15, 0.2) is 5.25 Å². The first kappa shape index (κ1) is 27.6. The number of aliphatic hydroxyl groups excluding tert-OH is 1. The van der Waals surface area contributed by atoms with Crippen LogP contribution in [0.25, 0.3) is 0 Å². The minimum absolute atomic E-state index is 0. The Morgan fingerprint density at radius 2 is 1.97 bits per heavy atom. The van der Waals surface area contributed by atoms with Crippen LogP contribution in [0.15, 0.2) is 18.2 Å². The number of rotatable bonds is 9. The van der Waals surface area contributed by atoms with E-state index in [1.165, 1.54) is 12.1 Å². The van der Waals surface area contributed by atoms with E-state index in [4.69, 9.17) is 9.66 Å². The molecular formula is C16H18N3NaO11S. The fourth-order valence-electron chi connectivity index (χ4n) is 2.62. The Bertz CT molecular complexity index is 1050. The van der Waals surface area contributed by atoms with Crippen molar-refractivity contribution in [2.24, 2.45) is 0 Å². The summed E-state index contributed by atoms with van der Waals surface area (Å²) in [5.41, 5.74) is -0.221. The number of nitrogens with one attached hydrogen (secondary N) is 1. The molecule has 0 saturated carbocycles. The standard InChI is InChI=1S/C16H17N3O11S.Na.H/c20-8-9-4-5-10(6-11(9)19(25)26)17-13(21)2-1-3-15(23)30-18-14(22)7-12(16(18)24)31(27,28)29;;/h4-6,12,20H,1-3,7-8H2,(H,17,21)(H,27,28,29);;/q;+1;-1. The number of carbonyl (C=O) groups excluding carboxylic acids is 4. The van der Waals surface area contributed by atoms with Gasteiger partial charge in [-0.25, -0.2) is 4.79 Å². The maximum atomic E-state index is 11.9. The van der Waals surface area contributed by atoms with Crippen molar-refractivity contribution in [1.82, 2.24) is 5.06 Å². The fourth-order valence-corrected chi connectivity index (χ4v) is 3.32. The minimum Gasteiger partial charge on any atom is -1.00 e. The third kappa shape index (κ3) is 7.04. The first-order valence-electron chi connectivity index (χ1n) is 8.66. The number of nitrogens with zero attached hydrogens (tertiary/aromatic N) is 2. The summed E-state index contributed by atoms with van der Waals surface area (Å²) in [6, 6.07) is 3.68. The van der Waals surface area contributed by atoms with Crippen LogP contribution in [0.5, 0.6) is 0 Å². The van der Waals surface area contributed by atoms with Crippen LogP contribution in [0.3, 0.4) is 0 Å². The molecule has 1 saturated heterocycles. The topological polar surface area (TPSA) is 211 Å². The van der Waals surface area contributed by atoms with Gasteiger partial charge in [-0.1, -0.05) is 0 Å². The van der Waals surface area contributed by atoms with Gasteiger partial charge in [0.1, 0.15) is 0 Å². The summed E-state index contributed by atoms with van der Waals surface area (Å²) < 4.78 is 31.0. The number of carbonyl (C=O) groups is 4. The average Bonchev–Trinajstić information content (AvgIpc) is 2.96. The zero-order valence-electron chi connectivity index (χ0n) is 17.7. The predicted octanol–water partition coefficient (Wildman–Crippen LogP) is -3.21. The molecule has 0 spiro atoms. The molecule has 1 aliphatic rings. The van der Waals surface area contributed by atoms with Crippen LogP contribution in [-0.4, -0.2) is 57.0 Å². The summed E-state index contributed by atoms with van der Waals surface area (Å²) in [6.45, 7) is -0.556. The number of nitro benzene ring substituents is 1. The van der Waals surface area contributed by atoms with E-state index in [1.807, 2.05) is 0 Å². The van der Waals surface area contributed by atoms with Gasteiger partial charge in [-0.2, -0.15) is 8.42 Å². The van der Waals surface area contributed by atoms with Crippen molar-refractivity contribution < 1.29 is 78.0 Å². The molecule has 1 aromatic carbocycles. The summed E-state index contributed by atoms with van der Waals surface area (Å²) in [6.07, 6.45) is -1.58. The molecule has 0 radical (unpaired) electrons. The molecule has 1 fully saturated rings. The first-order valence-corrected chi connectivity index (χ1v) is 10.2. The summed E-state index contributed by atoms with van der Waals surface area (Å²) in [4.78, 5) is 61.8. The van der Waals surface area contributed by atoms with Crippen molar-refractivity contribution in [3.63, 3.8) is 0 Å². The fraction of sp³-hybridized carbons (Fsp3) is 0.375. The van der Waals surface area contributed by atoms with E-state index in [2.05, 4.69) is 10.2 Å². The van der Waals surface area contributed by atoms with Crippen LogP contribution in [-0.2, 0) is 40.7 Å². The van der Waals surface area contributed by atoms with Crippen molar-refractivity contribution in [2.75, 3.05) is 5.32 Å². The van der Waals surface area contributed by atoms with Crippen LogP contribution in [0, 0.1) is 10.1 Å². The maximum absolute atomic E-state index is 11.9. The van der Waals surface area contributed by atoms with Gasteiger partial charge in [0.05, 0.1) is 23.5 Å². The molecule has 0 bridgehead atoms. The maximum Gasteiger partial charge on any atom is 1.00 e. The van der Waals surface area contributed by atoms with Gasteiger partial charge in [-0.15, -0.1) is 5.06 Å². The molecule has 1 heterocycles. The van der Waals surface area contributed by atoms with E-state index in [1.54, 1.807) is 0 Å². The second kappa shape index (κ2) is 11.4. The third-order valence-electron chi connectivity index (χ3n) is 4.14. The largest absolute Gasteiger partial charge is 1.00 e. The molecule has 2 rings (SSSR count).